The first-order valence-electron chi connectivity index (χ1n) is 5.74. The molecule has 1 fully saturated rings. The van der Waals surface area contributed by atoms with Crippen LogP contribution >= 0.6 is 24.8 Å². The molecule has 0 atom stereocenters. The Kier molecular flexibility index (Phi) is 7.66. The summed E-state index contributed by atoms with van der Waals surface area (Å²) in [5, 5.41) is 11.2. The predicted molar refractivity (Wildman–Crippen MR) is 79.3 cm³/mol. The minimum absolute atomic E-state index is 0. The molecule has 0 unspecified atom stereocenters. The van der Waals surface area contributed by atoms with E-state index in [4.69, 9.17) is 5.73 Å². The lowest BCUT2D eigenvalue weighted by Gasteiger charge is -2.32. The highest BCUT2D eigenvalue weighted by molar-refractivity contribution is 5.93. The molecule has 0 aliphatic carbocycles. The van der Waals surface area contributed by atoms with Crippen LogP contribution in [0.25, 0.3) is 0 Å². The highest BCUT2D eigenvalue weighted by Crippen LogP contribution is 2.17. The third-order valence-corrected chi connectivity index (χ3v) is 3.14. The van der Waals surface area contributed by atoms with Crippen LogP contribution in [0.4, 0.5) is 5.82 Å². The number of hydrogen-bond donors (Lipinski definition) is 2. The Morgan fingerprint density at radius 2 is 2.05 bits per heavy atom. The number of carbonyl (C=O) groups excluding carboxylic acids is 1. The van der Waals surface area contributed by atoms with Crippen LogP contribution < -0.4 is 16.0 Å². The van der Waals surface area contributed by atoms with Gasteiger partial charge in [-0.05, 0) is 32.0 Å². The van der Waals surface area contributed by atoms with E-state index in [2.05, 4.69) is 20.4 Å². The molecule has 0 saturated carbocycles. The van der Waals surface area contributed by atoms with E-state index in [1.54, 1.807) is 6.07 Å². The van der Waals surface area contributed by atoms with Crippen molar-refractivity contribution in [2.45, 2.75) is 18.9 Å². The van der Waals surface area contributed by atoms with Crippen LogP contribution in [-0.2, 0) is 0 Å². The van der Waals surface area contributed by atoms with E-state index in [-0.39, 0.29) is 24.8 Å². The number of nitrogens with zero attached hydrogens (tertiary/aromatic N) is 3. The lowest BCUT2D eigenvalue weighted by molar-refractivity contribution is 0.1000. The summed E-state index contributed by atoms with van der Waals surface area (Å²) in [5.74, 6) is 0.230. The van der Waals surface area contributed by atoms with Crippen molar-refractivity contribution >= 4 is 36.5 Å². The molecule has 1 amide bonds. The van der Waals surface area contributed by atoms with E-state index in [1.807, 2.05) is 7.05 Å². The molecule has 3 N–H and O–H groups in total. The molecule has 1 aliphatic rings. The number of aromatic nitrogens is 2. The first-order chi connectivity index (χ1) is 8.18. The molecular weight excluding hydrogens is 289 g/mol. The van der Waals surface area contributed by atoms with Gasteiger partial charge in [-0.1, -0.05) is 0 Å². The van der Waals surface area contributed by atoms with Crippen molar-refractivity contribution in [3.05, 3.63) is 17.8 Å². The van der Waals surface area contributed by atoms with Crippen molar-refractivity contribution in [3.63, 3.8) is 0 Å². The lowest BCUT2D eigenvalue weighted by Crippen LogP contribution is -2.41. The summed E-state index contributed by atoms with van der Waals surface area (Å²) >= 11 is 0. The second-order valence-corrected chi connectivity index (χ2v) is 4.26. The Morgan fingerprint density at radius 1 is 1.42 bits per heavy atom. The maximum Gasteiger partial charge on any atom is 0.250 e. The van der Waals surface area contributed by atoms with Gasteiger partial charge in [0.1, 0.15) is 0 Å². The van der Waals surface area contributed by atoms with Crippen LogP contribution in [-0.4, -0.2) is 42.3 Å². The summed E-state index contributed by atoms with van der Waals surface area (Å²) in [6, 6.07) is 2.13. The molecule has 0 aromatic carbocycles. The molecule has 0 bridgehead atoms. The zero-order valence-corrected chi connectivity index (χ0v) is 12.3. The summed E-state index contributed by atoms with van der Waals surface area (Å²) < 4.78 is 0. The number of nitrogens with two attached hydrogens (primary N) is 1. The van der Waals surface area contributed by atoms with E-state index in [1.165, 1.54) is 6.20 Å². The predicted octanol–water partition coefficient (Wildman–Crippen LogP) is 0.607. The second-order valence-electron chi connectivity index (χ2n) is 4.26. The zero-order valence-electron chi connectivity index (χ0n) is 10.7. The number of halogens is 2. The van der Waals surface area contributed by atoms with Gasteiger partial charge in [0.2, 0.25) is 5.91 Å². The van der Waals surface area contributed by atoms with Gasteiger partial charge in [0.15, 0.2) is 5.82 Å². The number of anilines is 1. The number of primary amides is 1. The average molecular weight is 308 g/mol. The largest absolute Gasteiger partial charge is 0.366 e. The van der Waals surface area contributed by atoms with E-state index >= 15 is 0 Å². The molecule has 2 rings (SSSR count). The summed E-state index contributed by atoms with van der Waals surface area (Å²) in [5.41, 5.74) is 5.62. The van der Waals surface area contributed by atoms with Crippen molar-refractivity contribution in [1.29, 1.82) is 0 Å². The average Bonchev–Trinajstić information content (AvgIpc) is 2.39. The Hall–Kier alpha value is -1.11. The zero-order chi connectivity index (χ0) is 12.3. The Labute approximate surface area is 125 Å². The number of nitrogens with one attached hydrogen (secondary N) is 1. The van der Waals surface area contributed by atoms with Gasteiger partial charge in [0, 0.05) is 13.1 Å². The fourth-order valence-corrected chi connectivity index (χ4v) is 2.04. The third kappa shape index (κ3) is 4.49. The normalized spacial score (nSPS) is 15.0. The minimum atomic E-state index is -0.472. The molecule has 1 aliphatic heterocycles. The van der Waals surface area contributed by atoms with Crippen LogP contribution in [0.1, 0.15) is 23.2 Å². The Balaban J connectivity index is 0.00000162. The van der Waals surface area contributed by atoms with Crippen LogP contribution in [0.3, 0.4) is 0 Å². The smallest absolute Gasteiger partial charge is 0.250 e. The summed E-state index contributed by atoms with van der Waals surface area (Å²) in [6.45, 7) is 2.02. The molecular formula is C11H19Cl2N5O. The summed E-state index contributed by atoms with van der Waals surface area (Å²) in [4.78, 5) is 13.1. The van der Waals surface area contributed by atoms with Gasteiger partial charge in [0.25, 0.3) is 0 Å². The quantitative estimate of drug-likeness (QED) is 0.854. The van der Waals surface area contributed by atoms with Crippen molar-refractivity contribution in [3.8, 4) is 0 Å². The third-order valence-electron chi connectivity index (χ3n) is 3.14. The molecule has 108 valence electrons. The molecule has 1 aromatic rings. The van der Waals surface area contributed by atoms with Crippen molar-refractivity contribution in [2.75, 3.05) is 25.0 Å². The van der Waals surface area contributed by atoms with Gasteiger partial charge < -0.3 is 16.0 Å². The molecule has 6 nitrogen and oxygen atoms in total. The van der Waals surface area contributed by atoms with Gasteiger partial charge in [-0.2, -0.15) is 5.10 Å². The Morgan fingerprint density at radius 3 is 2.63 bits per heavy atom. The summed E-state index contributed by atoms with van der Waals surface area (Å²) in [7, 11) is 1.98. The SMILES string of the molecule is CN(c1cc(C(N)=O)cnn1)C1CCNCC1.Cl.Cl. The van der Waals surface area contributed by atoms with E-state index in [0.717, 1.165) is 25.9 Å². The molecule has 2 heterocycles. The first-order valence-corrected chi connectivity index (χ1v) is 5.74. The molecule has 0 radical (unpaired) electrons. The number of piperidine rings is 1. The first kappa shape index (κ1) is 17.9. The summed E-state index contributed by atoms with van der Waals surface area (Å²) in [6.07, 6.45) is 3.53. The van der Waals surface area contributed by atoms with Gasteiger partial charge in [-0.15, -0.1) is 29.9 Å². The maximum absolute atomic E-state index is 11.1. The fraction of sp³-hybridized carbons (Fsp3) is 0.545. The standard InChI is InChI=1S/C11H17N5O.2ClH/c1-16(9-2-4-13-5-3-9)10-6-8(11(12)17)7-14-15-10;;/h6-7,9,13H,2-5H2,1H3,(H2,12,17);2*1H. The topological polar surface area (TPSA) is 84.1 Å². The molecule has 1 aromatic heterocycles. The molecule has 8 heteroatoms. The van der Waals surface area contributed by atoms with Crippen LogP contribution in [0, 0.1) is 0 Å². The van der Waals surface area contributed by atoms with Crippen molar-refractivity contribution in [2.24, 2.45) is 5.73 Å². The van der Waals surface area contributed by atoms with Crippen LogP contribution in [0.15, 0.2) is 12.3 Å². The molecule has 1 saturated heterocycles. The van der Waals surface area contributed by atoms with Crippen LogP contribution in [0.2, 0.25) is 0 Å². The molecule has 0 spiro atoms. The van der Waals surface area contributed by atoms with Crippen LogP contribution in [0.5, 0.6) is 0 Å². The number of hydrogen-bond acceptors (Lipinski definition) is 5. The second kappa shape index (κ2) is 8.14. The van der Waals surface area contributed by atoms with E-state index in [9.17, 15) is 4.79 Å². The van der Waals surface area contributed by atoms with E-state index < -0.39 is 5.91 Å². The Bertz CT molecular complexity index is 412. The highest BCUT2D eigenvalue weighted by atomic mass is 35.5. The van der Waals surface area contributed by atoms with Gasteiger partial charge >= 0.3 is 0 Å². The van der Waals surface area contributed by atoms with Gasteiger partial charge in [-0.25, -0.2) is 0 Å². The van der Waals surface area contributed by atoms with E-state index in [0.29, 0.717) is 17.4 Å². The van der Waals surface area contributed by atoms with Crippen molar-refractivity contribution < 1.29 is 4.79 Å². The number of carbonyl (C=O) groups is 1. The number of rotatable bonds is 3. The fourth-order valence-electron chi connectivity index (χ4n) is 2.04. The van der Waals surface area contributed by atoms with Gasteiger partial charge in [0.05, 0.1) is 11.8 Å². The lowest BCUT2D eigenvalue weighted by atomic mass is 10.1. The highest BCUT2D eigenvalue weighted by Gasteiger charge is 2.19. The van der Waals surface area contributed by atoms with Crippen molar-refractivity contribution in [1.82, 2.24) is 15.5 Å². The maximum atomic E-state index is 11.1. The number of amides is 1. The monoisotopic (exact) mass is 307 g/mol. The van der Waals surface area contributed by atoms with Gasteiger partial charge in [-0.3, -0.25) is 4.79 Å². The minimum Gasteiger partial charge on any atom is -0.366 e. The molecule has 19 heavy (non-hydrogen) atoms.